The Labute approximate surface area is 441 Å². The molecule has 4 rings (SSSR count). The molecule has 3 aliphatic rings. The van der Waals surface area contributed by atoms with Crippen LogP contribution < -0.4 is 26.9 Å². The number of fused-ring (bicyclic) bond motifs is 3. The number of carbonyl (C=O) groups excluding carboxylic acids is 4. The molecule has 0 radical (unpaired) electrons. The van der Waals surface area contributed by atoms with Gasteiger partial charge in [-0.3, -0.25) is 14.6 Å². The van der Waals surface area contributed by atoms with E-state index in [1.165, 1.54) is 0 Å². The molecule has 2 heterocycles. The molecular formula is C55H89N7O10S. The van der Waals surface area contributed by atoms with Gasteiger partial charge >= 0.3 is 12.2 Å². The molecule has 1 aromatic rings. The highest BCUT2D eigenvalue weighted by molar-refractivity contribution is 7.84. The zero-order valence-corrected chi connectivity index (χ0v) is 47.2. The van der Waals surface area contributed by atoms with Crippen molar-refractivity contribution < 1.29 is 47.6 Å². The Morgan fingerprint density at radius 2 is 1.42 bits per heavy atom. The summed E-state index contributed by atoms with van der Waals surface area (Å²) < 4.78 is 34.0. The van der Waals surface area contributed by atoms with Crippen molar-refractivity contribution in [2.24, 2.45) is 5.41 Å². The van der Waals surface area contributed by atoms with Crippen LogP contribution in [0, 0.1) is 5.41 Å². The maximum Gasteiger partial charge on any atom is 0.407 e. The van der Waals surface area contributed by atoms with Gasteiger partial charge in [-0.2, -0.15) is 0 Å². The van der Waals surface area contributed by atoms with Crippen molar-refractivity contribution in [1.29, 1.82) is 0 Å². The van der Waals surface area contributed by atoms with Crippen molar-refractivity contribution in [1.82, 2.24) is 36.8 Å². The first-order valence-electron chi connectivity index (χ1n) is 26.1. The second kappa shape index (κ2) is 27.3. The van der Waals surface area contributed by atoms with E-state index < -0.39 is 46.5 Å². The van der Waals surface area contributed by atoms with Crippen LogP contribution in [0.5, 0.6) is 0 Å². The number of nitrogens with one attached hydrogen (secondary N) is 5. The van der Waals surface area contributed by atoms with E-state index in [-0.39, 0.29) is 50.0 Å². The standard InChI is InChI=1S/C55H89N7O10S/c1-15-55(16-2,39(4)73)38(3)62-47-41-24-18-17-23-40(41)35-61(44-27-20-19-25-42(44)46(47)59-60-62)45(63)28-32-56-48(64)43(58-50(66)70-34-30-52(7,8)72-37-54(11,12)68-14)26-21-22-31-57-49(65)69-33-29-51(5,6)71-36-53(9,10)67-13/h17-19,23-25,38,43,59-60,73H,4,15-16,20-22,26-37H2,1-3,5-14H3,(H,56,64)(H,57,65)(H,58,66)/t38?,43-/m0/s1. The minimum Gasteiger partial charge on any atom is -0.449 e. The summed E-state index contributed by atoms with van der Waals surface area (Å²) in [5.41, 5.74) is 10.3. The largest absolute Gasteiger partial charge is 0.449 e. The van der Waals surface area contributed by atoms with Gasteiger partial charge in [0.15, 0.2) is 0 Å². The summed E-state index contributed by atoms with van der Waals surface area (Å²) in [4.78, 5) is 56.9. The average molecular weight is 1040 g/mol. The lowest BCUT2D eigenvalue weighted by molar-refractivity contribution is -0.130. The number of hydrazine groups is 2. The fraction of sp³-hybridized carbons (Fsp3) is 0.673. The van der Waals surface area contributed by atoms with Gasteiger partial charge < -0.3 is 54.7 Å². The lowest BCUT2D eigenvalue weighted by Gasteiger charge is -2.44. The Morgan fingerprint density at radius 1 is 0.822 bits per heavy atom. The first-order valence-corrected chi connectivity index (χ1v) is 26.5. The highest BCUT2D eigenvalue weighted by Gasteiger charge is 2.43. The van der Waals surface area contributed by atoms with E-state index in [4.69, 9.17) is 41.0 Å². The van der Waals surface area contributed by atoms with Crippen molar-refractivity contribution >= 4 is 42.3 Å². The quantitative estimate of drug-likeness (QED) is 0.0330. The summed E-state index contributed by atoms with van der Waals surface area (Å²) in [6.45, 7) is 27.9. The molecule has 2 aliphatic heterocycles. The van der Waals surface area contributed by atoms with Crippen molar-refractivity contribution in [3.63, 3.8) is 0 Å². The number of hydrogen-bond acceptors (Lipinski definition) is 14. The molecule has 18 heteroatoms. The average Bonchev–Trinajstić information content (AvgIpc) is 3.78. The van der Waals surface area contributed by atoms with Gasteiger partial charge in [0.2, 0.25) is 11.8 Å². The van der Waals surface area contributed by atoms with E-state index >= 15 is 0 Å². The molecule has 4 amide bonds. The smallest absolute Gasteiger partial charge is 0.407 e. The summed E-state index contributed by atoms with van der Waals surface area (Å²) in [5, 5.41) is 10.6. The third-order valence-electron chi connectivity index (χ3n) is 14.5. The number of methoxy groups -OCH3 is 2. The summed E-state index contributed by atoms with van der Waals surface area (Å²) in [6.07, 6.45) is 8.16. The topological polar surface area (TPSA) is 190 Å². The summed E-state index contributed by atoms with van der Waals surface area (Å²) in [6, 6.07) is 7.15. The van der Waals surface area contributed by atoms with E-state index in [9.17, 15) is 19.2 Å². The zero-order chi connectivity index (χ0) is 54.2. The molecule has 0 saturated carbocycles. The van der Waals surface area contributed by atoms with E-state index in [1.54, 1.807) is 14.2 Å². The van der Waals surface area contributed by atoms with Crippen LogP contribution >= 0.6 is 12.6 Å². The lowest BCUT2D eigenvalue weighted by atomic mass is 9.75. The Balaban J connectivity index is 1.43. The molecule has 73 heavy (non-hydrogen) atoms. The summed E-state index contributed by atoms with van der Waals surface area (Å²) >= 11 is 4.82. The number of carbonyl (C=O) groups is 4. The van der Waals surface area contributed by atoms with Crippen molar-refractivity contribution in [2.75, 3.05) is 53.7 Å². The minimum atomic E-state index is -0.978. The first kappa shape index (κ1) is 61.0. The molecule has 0 saturated heterocycles. The van der Waals surface area contributed by atoms with E-state index in [0.717, 1.165) is 58.0 Å². The van der Waals surface area contributed by atoms with Gasteiger partial charge in [0.1, 0.15) is 6.04 Å². The molecule has 0 spiro atoms. The number of ether oxygens (including phenoxy) is 6. The molecule has 1 unspecified atom stereocenters. The monoisotopic (exact) mass is 1040 g/mol. The Bertz CT molecular complexity index is 2150. The van der Waals surface area contributed by atoms with Gasteiger partial charge in [0, 0.05) is 68.8 Å². The van der Waals surface area contributed by atoms with Crippen LogP contribution in [0.4, 0.5) is 9.59 Å². The molecule has 0 aromatic heterocycles. The first-order chi connectivity index (χ1) is 34.3. The van der Waals surface area contributed by atoms with Crippen LogP contribution in [0.15, 0.2) is 64.9 Å². The Kier molecular flexibility index (Phi) is 22.8. The van der Waals surface area contributed by atoms with Crippen molar-refractivity contribution in [3.8, 4) is 0 Å². The molecule has 1 aromatic carbocycles. The number of nitrogens with zero attached hydrogens (tertiary/aromatic N) is 2. The predicted octanol–water partition coefficient (Wildman–Crippen LogP) is 8.98. The van der Waals surface area contributed by atoms with Gasteiger partial charge in [-0.05, 0) is 118 Å². The van der Waals surface area contributed by atoms with Crippen LogP contribution in [0.1, 0.15) is 151 Å². The van der Waals surface area contributed by atoms with E-state index in [0.29, 0.717) is 58.4 Å². The normalized spacial score (nSPS) is 16.1. The Morgan fingerprint density at radius 3 is 2.01 bits per heavy atom. The maximum atomic E-state index is 14.5. The number of allylic oxidation sites excluding steroid dienone is 3. The SMILES string of the molecule is C=C(S)C(CC)(CC)C(C)N1NNC2=C1c1ccccc1CN(C(=O)CCNC(=O)[C@H](CCCCNC(=O)OCCC(C)(C)OCC(C)(C)OC)NC(=O)OCCC(C)(C)OCC(C)(C)OC)C1=C2C=CCC1. The highest BCUT2D eigenvalue weighted by atomic mass is 32.1. The van der Waals surface area contributed by atoms with E-state index in [1.807, 2.05) is 72.4 Å². The zero-order valence-electron chi connectivity index (χ0n) is 46.3. The number of amides is 4. The van der Waals surface area contributed by atoms with Crippen molar-refractivity contribution in [3.05, 3.63) is 76.0 Å². The third-order valence-corrected chi connectivity index (χ3v) is 14.9. The van der Waals surface area contributed by atoms with Crippen LogP contribution in [0.2, 0.25) is 0 Å². The molecule has 1 aliphatic carbocycles. The van der Waals surface area contributed by atoms with Crippen LogP contribution in [0.3, 0.4) is 0 Å². The van der Waals surface area contributed by atoms with Gasteiger partial charge in [-0.1, -0.05) is 56.8 Å². The second-order valence-electron chi connectivity index (χ2n) is 21.7. The van der Waals surface area contributed by atoms with Crippen molar-refractivity contribution in [2.45, 2.75) is 181 Å². The number of thiol groups is 1. The van der Waals surface area contributed by atoms with Crippen LogP contribution in [-0.4, -0.2) is 122 Å². The summed E-state index contributed by atoms with van der Waals surface area (Å²) in [7, 11) is 3.26. The highest BCUT2D eigenvalue weighted by Crippen LogP contribution is 2.46. The van der Waals surface area contributed by atoms with E-state index in [2.05, 4.69) is 83.6 Å². The molecule has 5 N–H and O–H groups in total. The van der Waals surface area contributed by atoms with Gasteiger partial charge in [-0.25, -0.2) is 9.59 Å². The number of rotatable bonds is 29. The second-order valence-corrected chi connectivity index (χ2v) is 22.3. The fourth-order valence-corrected chi connectivity index (χ4v) is 9.39. The number of unbranched alkanes of at least 4 members (excludes halogenated alkanes) is 1. The molecule has 410 valence electrons. The third kappa shape index (κ3) is 17.5. The molecule has 2 atom stereocenters. The Hall–Kier alpha value is -4.59. The number of hydrogen-bond donors (Lipinski definition) is 6. The molecule has 0 fully saturated rings. The number of alkyl carbamates (subject to hydrolysis) is 2. The van der Waals surface area contributed by atoms with Gasteiger partial charge in [0.25, 0.3) is 0 Å². The maximum absolute atomic E-state index is 14.5. The number of benzene rings is 1. The predicted molar refractivity (Wildman–Crippen MR) is 289 cm³/mol. The molecule has 0 bridgehead atoms. The fourth-order valence-electron chi connectivity index (χ4n) is 8.89. The lowest BCUT2D eigenvalue weighted by Crippen LogP contribution is -2.51. The van der Waals surface area contributed by atoms with Gasteiger partial charge in [0.05, 0.1) is 72.8 Å². The molecular weight excluding hydrogens is 951 g/mol. The summed E-state index contributed by atoms with van der Waals surface area (Å²) in [5.74, 6) is -0.601. The van der Waals surface area contributed by atoms with Crippen LogP contribution in [-0.2, 0) is 44.6 Å². The minimum absolute atomic E-state index is 0.0152. The van der Waals surface area contributed by atoms with Gasteiger partial charge in [-0.15, -0.1) is 18.2 Å². The van der Waals surface area contributed by atoms with Crippen LogP contribution in [0.25, 0.3) is 5.70 Å². The molecule has 17 nitrogen and oxygen atoms in total.